The summed E-state index contributed by atoms with van der Waals surface area (Å²) in [4.78, 5) is 18.8. The summed E-state index contributed by atoms with van der Waals surface area (Å²) >= 11 is 1.62. The van der Waals surface area contributed by atoms with Crippen LogP contribution in [-0.4, -0.2) is 55.3 Å². The number of amides is 1. The van der Waals surface area contributed by atoms with Gasteiger partial charge in [0.2, 0.25) is 5.91 Å². The lowest BCUT2D eigenvalue weighted by Crippen LogP contribution is -2.42. The van der Waals surface area contributed by atoms with Crippen LogP contribution in [0.15, 0.2) is 41.2 Å². The molecule has 0 aliphatic carbocycles. The van der Waals surface area contributed by atoms with Crippen LogP contribution in [-0.2, 0) is 21.1 Å². The van der Waals surface area contributed by atoms with Crippen LogP contribution < -0.4 is 5.32 Å². The molecule has 1 fully saturated rings. The van der Waals surface area contributed by atoms with Crippen molar-refractivity contribution in [2.45, 2.75) is 24.9 Å². The van der Waals surface area contributed by atoms with Crippen LogP contribution in [0.4, 0.5) is 0 Å². The highest BCUT2D eigenvalue weighted by molar-refractivity contribution is 7.91. The Balaban J connectivity index is 1.63. The van der Waals surface area contributed by atoms with Gasteiger partial charge in [0, 0.05) is 12.2 Å². The maximum atomic E-state index is 12.6. The highest BCUT2D eigenvalue weighted by Gasteiger charge is 2.31. The summed E-state index contributed by atoms with van der Waals surface area (Å²) in [5.74, 6) is 0.218. The third kappa shape index (κ3) is 5.12. The number of aromatic nitrogens is 1. The predicted molar refractivity (Wildman–Crippen MR) is 103 cm³/mol. The topological polar surface area (TPSA) is 79.4 Å². The Bertz CT molecular complexity index is 823. The molecule has 140 valence electrons. The molecule has 2 aromatic heterocycles. The number of thiophene rings is 1. The minimum absolute atomic E-state index is 0.0871. The van der Waals surface area contributed by atoms with E-state index in [4.69, 9.17) is 0 Å². The summed E-state index contributed by atoms with van der Waals surface area (Å²) in [6.07, 6.45) is 2.98. The summed E-state index contributed by atoms with van der Waals surface area (Å²) in [6.45, 7) is 0.174. The van der Waals surface area contributed by atoms with Gasteiger partial charge in [0.25, 0.3) is 0 Å². The summed E-state index contributed by atoms with van der Waals surface area (Å²) < 4.78 is 23.3. The average Bonchev–Trinajstić information content (AvgIpc) is 3.24. The fourth-order valence-electron chi connectivity index (χ4n) is 3.17. The standard InChI is InChI=1S/C18H23N3O3S2/c1-21(15-6-9-26(23,24)13-15)11-18(22)20-17(10-14-5-8-25-12-14)16-4-2-3-7-19-16/h2-5,7-8,12,15,17H,6,9-11,13H2,1H3,(H,20,22)/t15-,17-/m0/s1. The van der Waals surface area contributed by atoms with Crippen LogP contribution >= 0.6 is 11.3 Å². The molecule has 3 rings (SSSR count). The van der Waals surface area contributed by atoms with Crippen LogP contribution in [0, 0.1) is 0 Å². The van der Waals surface area contributed by atoms with Crippen LogP contribution in [0.1, 0.15) is 23.7 Å². The second-order valence-corrected chi connectivity index (χ2v) is 9.69. The number of pyridine rings is 1. The normalized spacial score (nSPS) is 20.2. The Kier molecular flexibility index (Phi) is 6.05. The minimum Gasteiger partial charge on any atom is -0.346 e. The van der Waals surface area contributed by atoms with E-state index in [-0.39, 0.29) is 36.0 Å². The molecule has 26 heavy (non-hydrogen) atoms. The van der Waals surface area contributed by atoms with E-state index in [2.05, 4.69) is 15.7 Å². The molecular weight excluding hydrogens is 370 g/mol. The van der Waals surface area contributed by atoms with Crippen molar-refractivity contribution in [3.05, 3.63) is 52.5 Å². The van der Waals surface area contributed by atoms with Gasteiger partial charge in [0.1, 0.15) is 0 Å². The first kappa shape index (κ1) is 19.0. The average molecular weight is 394 g/mol. The van der Waals surface area contributed by atoms with Crippen LogP contribution in [0.5, 0.6) is 0 Å². The fourth-order valence-corrected chi connectivity index (χ4v) is 5.66. The molecule has 6 nitrogen and oxygen atoms in total. The lowest BCUT2D eigenvalue weighted by molar-refractivity contribution is -0.123. The van der Waals surface area contributed by atoms with E-state index in [1.807, 2.05) is 34.5 Å². The predicted octanol–water partition coefficient (Wildman–Crippen LogP) is 1.66. The maximum Gasteiger partial charge on any atom is 0.234 e. The summed E-state index contributed by atoms with van der Waals surface area (Å²) in [6, 6.07) is 7.41. The summed E-state index contributed by atoms with van der Waals surface area (Å²) in [5.41, 5.74) is 1.97. The summed E-state index contributed by atoms with van der Waals surface area (Å²) in [5, 5.41) is 7.14. The number of hydrogen-bond acceptors (Lipinski definition) is 6. The lowest BCUT2D eigenvalue weighted by atomic mass is 10.1. The molecule has 2 atom stereocenters. The molecule has 2 aromatic rings. The van der Waals surface area contributed by atoms with Crippen LogP contribution in [0.25, 0.3) is 0 Å². The Morgan fingerprint density at radius 3 is 2.88 bits per heavy atom. The van der Waals surface area contributed by atoms with E-state index in [0.717, 1.165) is 11.3 Å². The molecule has 1 amide bonds. The van der Waals surface area contributed by atoms with E-state index in [9.17, 15) is 13.2 Å². The molecule has 0 bridgehead atoms. The molecule has 0 radical (unpaired) electrons. The number of rotatable bonds is 7. The number of hydrogen-bond donors (Lipinski definition) is 1. The van der Waals surface area contributed by atoms with Crippen molar-refractivity contribution in [1.82, 2.24) is 15.2 Å². The molecule has 1 saturated heterocycles. The number of carbonyl (C=O) groups excluding carboxylic acids is 1. The van der Waals surface area contributed by atoms with Gasteiger partial charge in [0.05, 0.1) is 29.8 Å². The van der Waals surface area contributed by atoms with Crippen LogP contribution in [0.2, 0.25) is 0 Å². The third-order valence-electron chi connectivity index (χ3n) is 4.62. The van der Waals surface area contributed by atoms with Crippen molar-refractivity contribution in [2.24, 2.45) is 0 Å². The van der Waals surface area contributed by atoms with Gasteiger partial charge in [-0.05, 0) is 54.4 Å². The Morgan fingerprint density at radius 1 is 1.42 bits per heavy atom. The molecule has 0 saturated carbocycles. The Labute approximate surface area is 158 Å². The second-order valence-electron chi connectivity index (χ2n) is 6.68. The first-order chi connectivity index (χ1) is 12.4. The zero-order valence-electron chi connectivity index (χ0n) is 14.7. The van der Waals surface area contributed by atoms with Gasteiger partial charge < -0.3 is 5.32 Å². The number of sulfone groups is 1. The highest BCUT2D eigenvalue weighted by Crippen LogP contribution is 2.19. The van der Waals surface area contributed by atoms with Crippen molar-refractivity contribution >= 4 is 27.1 Å². The quantitative estimate of drug-likeness (QED) is 0.774. The lowest BCUT2D eigenvalue weighted by Gasteiger charge is -2.24. The molecule has 0 unspecified atom stereocenters. The van der Waals surface area contributed by atoms with Gasteiger partial charge in [-0.3, -0.25) is 14.7 Å². The smallest absolute Gasteiger partial charge is 0.234 e. The minimum atomic E-state index is -2.96. The zero-order chi connectivity index (χ0) is 18.6. The molecule has 3 heterocycles. The van der Waals surface area contributed by atoms with E-state index >= 15 is 0 Å². The Hall–Kier alpha value is -1.77. The molecule has 0 spiro atoms. The largest absolute Gasteiger partial charge is 0.346 e. The van der Waals surface area contributed by atoms with E-state index < -0.39 is 9.84 Å². The molecule has 0 aromatic carbocycles. The molecule has 1 N–H and O–H groups in total. The third-order valence-corrected chi connectivity index (χ3v) is 7.11. The van der Waals surface area contributed by atoms with Crippen molar-refractivity contribution in [3.63, 3.8) is 0 Å². The van der Waals surface area contributed by atoms with E-state index in [1.54, 1.807) is 24.6 Å². The SMILES string of the molecule is CN(CC(=O)N[C@@H](Cc1ccsc1)c1ccccn1)[C@H]1CCS(=O)(=O)C1. The van der Waals surface area contributed by atoms with E-state index in [0.29, 0.717) is 12.8 Å². The highest BCUT2D eigenvalue weighted by atomic mass is 32.2. The molecular formula is C18H23N3O3S2. The summed E-state index contributed by atoms with van der Waals surface area (Å²) in [7, 11) is -1.15. The second kappa shape index (κ2) is 8.28. The van der Waals surface area contributed by atoms with Gasteiger partial charge in [-0.15, -0.1) is 0 Å². The van der Waals surface area contributed by atoms with Crippen molar-refractivity contribution in [2.75, 3.05) is 25.1 Å². The van der Waals surface area contributed by atoms with Crippen LogP contribution in [0.3, 0.4) is 0 Å². The number of nitrogens with one attached hydrogen (secondary N) is 1. The van der Waals surface area contributed by atoms with Gasteiger partial charge in [-0.25, -0.2) is 8.42 Å². The van der Waals surface area contributed by atoms with Gasteiger partial charge >= 0.3 is 0 Å². The number of likely N-dealkylation sites (N-methyl/N-ethyl adjacent to an activating group) is 1. The van der Waals surface area contributed by atoms with Gasteiger partial charge in [-0.2, -0.15) is 11.3 Å². The first-order valence-electron chi connectivity index (χ1n) is 8.55. The van der Waals surface area contributed by atoms with Crippen molar-refractivity contribution in [3.8, 4) is 0 Å². The van der Waals surface area contributed by atoms with Gasteiger partial charge in [0.15, 0.2) is 9.84 Å². The number of nitrogens with zero attached hydrogens (tertiary/aromatic N) is 2. The maximum absolute atomic E-state index is 12.6. The fraction of sp³-hybridized carbons (Fsp3) is 0.444. The first-order valence-corrected chi connectivity index (χ1v) is 11.3. The van der Waals surface area contributed by atoms with Crippen molar-refractivity contribution in [1.29, 1.82) is 0 Å². The number of carbonyl (C=O) groups is 1. The Morgan fingerprint density at radius 2 is 2.27 bits per heavy atom. The molecule has 1 aliphatic rings. The molecule has 1 aliphatic heterocycles. The van der Waals surface area contributed by atoms with Crippen molar-refractivity contribution < 1.29 is 13.2 Å². The molecule has 8 heteroatoms. The van der Waals surface area contributed by atoms with Gasteiger partial charge in [-0.1, -0.05) is 6.07 Å². The van der Waals surface area contributed by atoms with E-state index in [1.165, 1.54) is 0 Å². The monoisotopic (exact) mass is 393 g/mol. The zero-order valence-corrected chi connectivity index (χ0v) is 16.3.